The number of primary amides is 1. The molecule has 2 rings (SSSR count). The van der Waals surface area contributed by atoms with E-state index in [0.717, 1.165) is 28.4 Å². The molecule has 0 spiro atoms. The van der Waals surface area contributed by atoms with E-state index in [-0.39, 0.29) is 35.3 Å². The van der Waals surface area contributed by atoms with E-state index in [0.29, 0.717) is 10.7 Å². The van der Waals surface area contributed by atoms with Crippen molar-refractivity contribution >= 4 is 41.3 Å². The molecule has 1 unspecified atom stereocenters. The molecular weight excluding hydrogens is 339 g/mol. The molecule has 0 aromatic carbocycles. The van der Waals surface area contributed by atoms with Gasteiger partial charge in [-0.15, -0.1) is 11.8 Å². The number of thioether (sulfide) groups is 2. The van der Waals surface area contributed by atoms with Crippen LogP contribution in [0.25, 0.3) is 0 Å². The number of rotatable bonds is 6. The monoisotopic (exact) mass is 354 g/mol. The summed E-state index contributed by atoms with van der Waals surface area (Å²) in [4.78, 5) is 35.7. The van der Waals surface area contributed by atoms with E-state index < -0.39 is 40.4 Å². The number of aliphatic hydroxyl groups excluding tert-OH is 1. The van der Waals surface area contributed by atoms with E-state index in [2.05, 4.69) is 0 Å². The number of aliphatic hydroxyl groups is 1. The summed E-state index contributed by atoms with van der Waals surface area (Å²) in [5.41, 5.74) is 5.03. The molecular formula is C12H15N2NaO5S2. The molecule has 1 saturated heterocycles. The standard InChI is InChI=1S/C12H16N2O5S2.Na/c1-3-5(8(13)16)20-12-7(11(18)19)14-9(17)6(4(2)15)10(14)21-12;/h4-6,10,15H,3H2,1-2H3,(H2,13,16)(H,18,19);/q;+1/p-1/t4-,5?,6+,10-;/m1./s1. The van der Waals surface area contributed by atoms with Crippen molar-refractivity contribution < 1.29 is 54.2 Å². The van der Waals surface area contributed by atoms with Crippen LogP contribution in [-0.2, 0) is 14.4 Å². The number of hydrogen-bond acceptors (Lipinski definition) is 7. The number of aliphatic carboxylic acids is 1. The summed E-state index contributed by atoms with van der Waals surface area (Å²) in [7, 11) is 0. The second kappa shape index (κ2) is 7.59. The molecule has 4 atom stereocenters. The maximum Gasteiger partial charge on any atom is 1.00 e. The molecule has 0 aromatic heterocycles. The Morgan fingerprint density at radius 1 is 1.55 bits per heavy atom. The van der Waals surface area contributed by atoms with Gasteiger partial charge in [0.2, 0.25) is 11.8 Å². The number of carbonyl (C=O) groups is 3. The summed E-state index contributed by atoms with van der Waals surface area (Å²) in [5, 5.41) is 19.9. The first-order valence-corrected chi connectivity index (χ1v) is 8.14. The Labute approximate surface area is 158 Å². The van der Waals surface area contributed by atoms with Gasteiger partial charge in [-0.2, -0.15) is 0 Å². The first-order chi connectivity index (χ1) is 9.79. The SMILES string of the molecule is CCC(SC1=C(C(=O)[O-])N2C(=O)[C@H]([C@@H](C)O)[C@H]2S1)C(N)=O.[Na+]. The Balaban J connectivity index is 0.00000242. The molecule has 0 radical (unpaired) electrons. The van der Waals surface area contributed by atoms with Crippen molar-refractivity contribution in [1.29, 1.82) is 0 Å². The quantitative estimate of drug-likeness (QED) is 0.366. The van der Waals surface area contributed by atoms with Crippen LogP contribution in [0.3, 0.4) is 0 Å². The minimum Gasteiger partial charge on any atom is -0.543 e. The summed E-state index contributed by atoms with van der Waals surface area (Å²) in [6, 6.07) is 0. The molecule has 2 amide bonds. The largest absolute Gasteiger partial charge is 1.00 e. The minimum atomic E-state index is -1.47. The maximum atomic E-state index is 12.0. The van der Waals surface area contributed by atoms with E-state index in [4.69, 9.17) is 5.73 Å². The number of carboxylic acid groups (broad SMARTS) is 1. The summed E-state index contributed by atoms with van der Waals surface area (Å²) >= 11 is 2.19. The second-order valence-corrected chi connectivity index (χ2v) is 7.42. The van der Waals surface area contributed by atoms with Crippen LogP contribution >= 0.6 is 23.5 Å². The van der Waals surface area contributed by atoms with Gasteiger partial charge in [-0.05, 0) is 13.3 Å². The Morgan fingerprint density at radius 2 is 2.14 bits per heavy atom. The smallest absolute Gasteiger partial charge is 0.543 e. The molecule has 0 aliphatic carbocycles. The van der Waals surface area contributed by atoms with E-state index in [1.54, 1.807) is 6.92 Å². The summed E-state index contributed by atoms with van der Waals surface area (Å²) in [6.45, 7) is 3.25. The molecule has 116 valence electrons. The zero-order valence-corrected chi connectivity index (χ0v) is 16.1. The Kier molecular flexibility index (Phi) is 6.85. The van der Waals surface area contributed by atoms with Gasteiger partial charge in [0.15, 0.2) is 0 Å². The van der Waals surface area contributed by atoms with Crippen LogP contribution < -0.4 is 40.4 Å². The Morgan fingerprint density at radius 3 is 2.55 bits per heavy atom. The molecule has 7 nitrogen and oxygen atoms in total. The van der Waals surface area contributed by atoms with Crippen LogP contribution in [0.5, 0.6) is 0 Å². The molecule has 1 fully saturated rings. The van der Waals surface area contributed by atoms with Crippen molar-refractivity contribution in [2.75, 3.05) is 0 Å². The molecule has 22 heavy (non-hydrogen) atoms. The molecule has 2 heterocycles. The molecule has 10 heteroatoms. The number of hydrogen-bond donors (Lipinski definition) is 2. The number of amides is 2. The van der Waals surface area contributed by atoms with Gasteiger partial charge in [-0.25, -0.2) is 0 Å². The van der Waals surface area contributed by atoms with Gasteiger partial charge in [0.25, 0.3) is 0 Å². The van der Waals surface area contributed by atoms with E-state index in [1.165, 1.54) is 6.92 Å². The van der Waals surface area contributed by atoms with E-state index >= 15 is 0 Å². The number of fused-ring (bicyclic) bond motifs is 1. The van der Waals surface area contributed by atoms with Gasteiger partial charge in [-0.3, -0.25) is 14.5 Å². The van der Waals surface area contributed by atoms with Crippen LogP contribution in [0.15, 0.2) is 9.93 Å². The average Bonchev–Trinajstić information content (AvgIpc) is 2.69. The summed E-state index contributed by atoms with van der Waals surface area (Å²) < 4.78 is 0.335. The van der Waals surface area contributed by atoms with Crippen LogP contribution in [0.4, 0.5) is 0 Å². The average molecular weight is 354 g/mol. The van der Waals surface area contributed by atoms with Crippen molar-refractivity contribution in [2.24, 2.45) is 11.7 Å². The minimum absolute atomic E-state index is 0. The fraction of sp³-hybridized carbons (Fsp3) is 0.583. The van der Waals surface area contributed by atoms with Crippen molar-refractivity contribution in [2.45, 2.75) is 37.0 Å². The zero-order chi connectivity index (χ0) is 15.9. The van der Waals surface area contributed by atoms with Gasteiger partial charge >= 0.3 is 29.6 Å². The molecule has 0 aromatic rings. The Bertz CT molecular complexity index is 540. The normalized spacial score (nSPS) is 26.0. The van der Waals surface area contributed by atoms with Crippen molar-refractivity contribution in [3.63, 3.8) is 0 Å². The molecule has 0 bridgehead atoms. The van der Waals surface area contributed by atoms with Crippen molar-refractivity contribution in [3.8, 4) is 0 Å². The number of nitrogens with zero attached hydrogens (tertiary/aromatic N) is 1. The molecule has 2 aliphatic rings. The third kappa shape index (κ3) is 3.34. The second-order valence-electron chi connectivity index (χ2n) is 4.82. The van der Waals surface area contributed by atoms with Crippen LogP contribution in [0.2, 0.25) is 0 Å². The van der Waals surface area contributed by atoms with Crippen molar-refractivity contribution in [1.82, 2.24) is 4.90 Å². The first kappa shape index (κ1) is 19.9. The van der Waals surface area contributed by atoms with Gasteiger partial charge in [0, 0.05) is 0 Å². The van der Waals surface area contributed by atoms with Gasteiger partial charge < -0.3 is 20.7 Å². The predicted molar refractivity (Wildman–Crippen MR) is 76.3 cm³/mol. The molecule has 2 aliphatic heterocycles. The Hall–Kier alpha value is -0.190. The van der Waals surface area contributed by atoms with E-state index in [9.17, 15) is 24.6 Å². The van der Waals surface area contributed by atoms with Gasteiger partial charge in [0.05, 0.1) is 33.2 Å². The summed E-state index contributed by atoms with van der Waals surface area (Å²) in [6.07, 6.45) is -0.417. The number of carboxylic acids is 1. The topological polar surface area (TPSA) is 124 Å². The third-order valence-electron chi connectivity index (χ3n) is 3.40. The third-order valence-corrected chi connectivity index (χ3v) is 6.38. The van der Waals surface area contributed by atoms with E-state index in [1.807, 2.05) is 0 Å². The zero-order valence-electron chi connectivity index (χ0n) is 12.4. The fourth-order valence-corrected chi connectivity index (χ4v) is 5.31. The summed E-state index contributed by atoms with van der Waals surface area (Å²) in [5.74, 6) is -3.09. The van der Waals surface area contributed by atoms with Crippen LogP contribution in [-0.4, -0.2) is 44.5 Å². The molecule has 3 N–H and O–H groups in total. The number of nitrogens with two attached hydrogens (primary N) is 1. The predicted octanol–water partition coefficient (Wildman–Crippen LogP) is -4.18. The first-order valence-electron chi connectivity index (χ1n) is 6.39. The molecule has 0 saturated carbocycles. The number of β-lactam (4-membered cyclic amide) rings is 1. The fourth-order valence-electron chi connectivity index (χ4n) is 2.30. The van der Waals surface area contributed by atoms with Crippen LogP contribution in [0, 0.1) is 5.92 Å². The van der Waals surface area contributed by atoms with Gasteiger partial charge in [0.1, 0.15) is 5.37 Å². The van der Waals surface area contributed by atoms with Crippen LogP contribution in [0.1, 0.15) is 20.3 Å². The number of carbonyl (C=O) groups excluding carboxylic acids is 3. The van der Waals surface area contributed by atoms with Crippen molar-refractivity contribution in [3.05, 3.63) is 9.93 Å². The maximum absolute atomic E-state index is 12.0. The van der Waals surface area contributed by atoms with Gasteiger partial charge in [-0.1, -0.05) is 18.7 Å².